The summed E-state index contributed by atoms with van der Waals surface area (Å²) in [6, 6.07) is 19.7. The van der Waals surface area contributed by atoms with Crippen molar-refractivity contribution in [2.45, 2.75) is 30.3 Å². The zero-order valence-corrected chi connectivity index (χ0v) is 19.8. The Morgan fingerprint density at radius 3 is 2.44 bits per heavy atom. The average molecular weight is 476 g/mol. The second kappa shape index (κ2) is 8.94. The first-order valence-corrected chi connectivity index (χ1v) is 12.1. The predicted octanol–water partition coefficient (Wildman–Crippen LogP) is 2.40. The van der Waals surface area contributed by atoms with Gasteiger partial charge in [-0.25, -0.2) is 4.68 Å². The normalized spacial score (nSPS) is 14.2. The van der Waals surface area contributed by atoms with Crippen LogP contribution in [0.15, 0.2) is 70.6 Å². The van der Waals surface area contributed by atoms with Crippen molar-refractivity contribution in [2.24, 2.45) is 7.05 Å². The summed E-state index contributed by atoms with van der Waals surface area (Å²) in [5.74, 6) is 0.0671. The molecule has 2 heterocycles. The number of amides is 1. The van der Waals surface area contributed by atoms with Gasteiger partial charge in [0, 0.05) is 19.0 Å². The number of hydrogen-bond acceptors (Lipinski definition) is 6. The Kier molecular flexibility index (Phi) is 5.82. The molecule has 4 aromatic rings. The van der Waals surface area contributed by atoms with E-state index in [1.807, 2.05) is 62.5 Å². The van der Waals surface area contributed by atoms with E-state index in [0.29, 0.717) is 23.1 Å². The molecule has 5 rings (SSSR count). The summed E-state index contributed by atoms with van der Waals surface area (Å²) < 4.78 is 4.77. The van der Waals surface area contributed by atoms with Gasteiger partial charge in [0.2, 0.25) is 11.1 Å². The number of nitrogens with one attached hydrogen (secondary N) is 1. The van der Waals surface area contributed by atoms with Gasteiger partial charge in [-0.1, -0.05) is 60.3 Å². The molecule has 2 aromatic heterocycles. The van der Waals surface area contributed by atoms with Crippen molar-refractivity contribution in [2.75, 3.05) is 12.3 Å². The molecule has 0 saturated heterocycles. The fourth-order valence-corrected chi connectivity index (χ4v) is 4.87. The maximum atomic E-state index is 13.3. The van der Waals surface area contributed by atoms with Crippen LogP contribution in [0, 0.1) is 6.92 Å². The summed E-state index contributed by atoms with van der Waals surface area (Å²) in [7, 11) is 1.82. The average Bonchev–Trinajstić information content (AvgIpc) is 3.47. The molecule has 2 aromatic carbocycles. The van der Waals surface area contributed by atoms with Crippen molar-refractivity contribution in [3.63, 3.8) is 0 Å². The van der Waals surface area contributed by atoms with Crippen LogP contribution in [0.3, 0.4) is 0 Å². The number of carbonyl (C=O) groups is 1. The number of nitrogens with zero attached hydrogens (tertiary/aromatic N) is 6. The zero-order chi connectivity index (χ0) is 23.7. The molecule has 0 radical (unpaired) electrons. The first-order valence-electron chi connectivity index (χ1n) is 11.1. The van der Waals surface area contributed by atoms with E-state index in [9.17, 15) is 9.59 Å². The maximum Gasteiger partial charge on any atom is 0.297 e. The summed E-state index contributed by atoms with van der Waals surface area (Å²) >= 11 is 1.21. The van der Waals surface area contributed by atoms with Crippen LogP contribution in [0.5, 0.6) is 0 Å². The highest BCUT2D eigenvalue weighted by Gasteiger charge is 2.44. The highest BCUT2D eigenvalue weighted by atomic mass is 32.2. The summed E-state index contributed by atoms with van der Waals surface area (Å²) in [6.45, 7) is 2.46. The van der Waals surface area contributed by atoms with E-state index in [1.54, 1.807) is 9.36 Å². The van der Waals surface area contributed by atoms with Gasteiger partial charge in [0.15, 0.2) is 5.69 Å². The van der Waals surface area contributed by atoms with Crippen LogP contribution in [0.25, 0.3) is 11.4 Å². The molecule has 1 fully saturated rings. The maximum absolute atomic E-state index is 13.3. The van der Waals surface area contributed by atoms with E-state index < -0.39 is 0 Å². The Bertz CT molecular complexity index is 1370. The SMILES string of the molecule is Cc1c(-n2nnnc2SCC(=O)NCC2(c3ccccc3)CC2)c(=O)n(-c2ccccc2)n1C. The molecule has 0 spiro atoms. The second-order valence-corrected chi connectivity index (χ2v) is 9.44. The number of benzene rings is 2. The first kappa shape index (κ1) is 22.1. The number of aromatic nitrogens is 6. The van der Waals surface area contributed by atoms with Crippen molar-refractivity contribution >= 4 is 17.7 Å². The van der Waals surface area contributed by atoms with Gasteiger partial charge < -0.3 is 5.32 Å². The standard InChI is InChI=1S/C24H25N7O2S/c1-17-21(22(33)31(29(17)2)19-11-7-4-8-12-19)30-23(26-27-28-30)34-15-20(32)25-16-24(13-14-24)18-9-5-3-6-10-18/h3-12H,13-16H2,1-2H3,(H,25,32). The number of carbonyl (C=O) groups excluding carboxylic acids is 1. The summed E-state index contributed by atoms with van der Waals surface area (Å²) in [4.78, 5) is 25.9. The molecule has 1 aliphatic carbocycles. The van der Waals surface area contributed by atoms with Crippen LogP contribution in [0.4, 0.5) is 0 Å². The lowest BCUT2D eigenvalue weighted by Crippen LogP contribution is -2.33. The van der Waals surface area contributed by atoms with Crippen LogP contribution in [-0.2, 0) is 17.3 Å². The molecule has 10 heteroatoms. The van der Waals surface area contributed by atoms with Gasteiger partial charge in [-0.2, -0.15) is 4.68 Å². The molecular weight excluding hydrogens is 450 g/mol. The molecule has 0 unspecified atom stereocenters. The largest absolute Gasteiger partial charge is 0.354 e. The highest BCUT2D eigenvalue weighted by molar-refractivity contribution is 7.99. The molecule has 0 atom stereocenters. The van der Waals surface area contributed by atoms with Crippen LogP contribution < -0.4 is 10.9 Å². The summed E-state index contributed by atoms with van der Waals surface area (Å²) in [5, 5.41) is 15.3. The van der Waals surface area contributed by atoms with Crippen LogP contribution >= 0.6 is 11.8 Å². The second-order valence-electron chi connectivity index (χ2n) is 8.50. The number of rotatable bonds is 8. The van der Waals surface area contributed by atoms with Gasteiger partial charge in [0.1, 0.15) is 0 Å². The zero-order valence-electron chi connectivity index (χ0n) is 19.0. The fraction of sp³-hybridized carbons (Fsp3) is 0.292. The Morgan fingerprint density at radius 2 is 1.76 bits per heavy atom. The lowest BCUT2D eigenvalue weighted by Gasteiger charge is -2.16. The topological polar surface area (TPSA) is 99.6 Å². The van der Waals surface area contributed by atoms with Gasteiger partial charge in [0.05, 0.1) is 17.1 Å². The predicted molar refractivity (Wildman–Crippen MR) is 130 cm³/mol. The van der Waals surface area contributed by atoms with Crippen molar-refractivity contribution in [3.8, 4) is 11.4 Å². The Hall–Kier alpha value is -3.66. The highest BCUT2D eigenvalue weighted by Crippen LogP contribution is 2.47. The van der Waals surface area contributed by atoms with E-state index in [-0.39, 0.29) is 22.6 Å². The monoisotopic (exact) mass is 475 g/mol. The van der Waals surface area contributed by atoms with E-state index >= 15 is 0 Å². The number of thioether (sulfide) groups is 1. The minimum atomic E-state index is -0.233. The Balaban J connectivity index is 1.29. The van der Waals surface area contributed by atoms with Crippen LogP contribution in [-0.4, -0.2) is 47.8 Å². The number of para-hydroxylation sites is 1. The third-order valence-corrected chi connectivity index (χ3v) is 7.29. The van der Waals surface area contributed by atoms with E-state index in [1.165, 1.54) is 22.0 Å². The van der Waals surface area contributed by atoms with Crippen LogP contribution in [0.2, 0.25) is 0 Å². The lowest BCUT2D eigenvalue weighted by atomic mass is 9.96. The van der Waals surface area contributed by atoms with Crippen molar-refractivity contribution < 1.29 is 4.79 Å². The third kappa shape index (κ3) is 4.05. The molecule has 1 saturated carbocycles. The molecule has 0 bridgehead atoms. The third-order valence-electron chi connectivity index (χ3n) is 6.37. The molecular formula is C24H25N7O2S. The molecule has 1 aliphatic rings. The van der Waals surface area contributed by atoms with E-state index in [2.05, 4.69) is 33.0 Å². The first-order chi connectivity index (χ1) is 16.5. The molecule has 174 valence electrons. The summed E-state index contributed by atoms with van der Waals surface area (Å²) in [5.41, 5.74) is 2.90. The van der Waals surface area contributed by atoms with Gasteiger partial charge in [-0.3, -0.25) is 14.3 Å². The van der Waals surface area contributed by atoms with Gasteiger partial charge in [0.25, 0.3) is 5.56 Å². The fourth-order valence-electron chi connectivity index (χ4n) is 4.17. The molecule has 9 nitrogen and oxygen atoms in total. The van der Waals surface area contributed by atoms with Gasteiger partial charge in [-0.15, -0.1) is 5.10 Å². The Morgan fingerprint density at radius 1 is 1.09 bits per heavy atom. The molecule has 1 amide bonds. The summed E-state index contributed by atoms with van der Waals surface area (Å²) in [6.07, 6.45) is 2.15. The minimum absolute atomic E-state index is 0.0484. The number of tetrazole rings is 1. The Labute approximate surface area is 200 Å². The number of hydrogen-bond donors (Lipinski definition) is 1. The van der Waals surface area contributed by atoms with Crippen molar-refractivity contribution in [1.29, 1.82) is 0 Å². The van der Waals surface area contributed by atoms with E-state index in [0.717, 1.165) is 18.5 Å². The molecule has 0 aliphatic heterocycles. The van der Waals surface area contributed by atoms with Crippen molar-refractivity contribution in [1.82, 2.24) is 34.9 Å². The minimum Gasteiger partial charge on any atom is -0.354 e. The van der Waals surface area contributed by atoms with Gasteiger partial charge in [-0.05, 0) is 47.9 Å². The molecule has 1 N–H and O–H groups in total. The van der Waals surface area contributed by atoms with Gasteiger partial charge >= 0.3 is 0 Å². The van der Waals surface area contributed by atoms with Crippen LogP contribution in [0.1, 0.15) is 24.1 Å². The van der Waals surface area contributed by atoms with Crippen molar-refractivity contribution in [3.05, 3.63) is 82.3 Å². The molecule has 34 heavy (non-hydrogen) atoms. The van der Waals surface area contributed by atoms with E-state index in [4.69, 9.17) is 0 Å². The quantitative estimate of drug-likeness (QED) is 0.393. The lowest BCUT2D eigenvalue weighted by molar-refractivity contribution is -0.118. The smallest absolute Gasteiger partial charge is 0.297 e.